The SMILES string of the molecule is O=c1c2ccsc2ccn1CCCCCO. The average molecular weight is 237 g/mol. The van der Waals surface area contributed by atoms with Crippen LogP contribution < -0.4 is 5.56 Å². The number of hydrogen-bond donors (Lipinski definition) is 1. The number of aromatic nitrogens is 1. The van der Waals surface area contributed by atoms with E-state index in [4.69, 9.17) is 5.11 Å². The van der Waals surface area contributed by atoms with Gasteiger partial charge in [0.1, 0.15) is 0 Å². The van der Waals surface area contributed by atoms with Crippen molar-refractivity contribution in [2.45, 2.75) is 25.8 Å². The van der Waals surface area contributed by atoms with Gasteiger partial charge in [0.25, 0.3) is 5.56 Å². The van der Waals surface area contributed by atoms with Gasteiger partial charge in [0.2, 0.25) is 0 Å². The molecule has 16 heavy (non-hydrogen) atoms. The van der Waals surface area contributed by atoms with Crippen molar-refractivity contribution < 1.29 is 5.11 Å². The number of aliphatic hydroxyl groups is 1. The van der Waals surface area contributed by atoms with Crippen LogP contribution in [0.2, 0.25) is 0 Å². The first kappa shape index (κ1) is 11.4. The maximum absolute atomic E-state index is 12.0. The molecule has 0 aliphatic carbocycles. The van der Waals surface area contributed by atoms with E-state index < -0.39 is 0 Å². The lowest BCUT2D eigenvalue weighted by atomic mass is 10.2. The number of hydrogen-bond acceptors (Lipinski definition) is 3. The first-order valence-corrected chi connectivity index (χ1v) is 6.38. The summed E-state index contributed by atoms with van der Waals surface area (Å²) in [7, 11) is 0. The number of thiophene rings is 1. The van der Waals surface area contributed by atoms with Crippen LogP contribution in [-0.4, -0.2) is 16.3 Å². The first-order chi connectivity index (χ1) is 7.83. The molecule has 0 saturated heterocycles. The number of aryl methyl sites for hydroxylation is 1. The standard InChI is InChI=1S/C12H15NO2S/c14-8-3-1-2-6-13-7-4-11-10(12(13)15)5-9-16-11/h4-5,7,9,14H,1-3,6,8H2. The molecule has 1 N–H and O–H groups in total. The van der Waals surface area contributed by atoms with Crippen LogP contribution in [0.3, 0.4) is 0 Å². The fourth-order valence-corrected chi connectivity index (χ4v) is 2.53. The van der Waals surface area contributed by atoms with Gasteiger partial charge in [-0.3, -0.25) is 4.79 Å². The maximum atomic E-state index is 12.0. The summed E-state index contributed by atoms with van der Waals surface area (Å²) in [6, 6.07) is 3.87. The van der Waals surface area contributed by atoms with Crippen molar-refractivity contribution in [3.8, 4) is 0 Å². The molecule has 0 saturated carbocycles. The maximum Gasteiger partial charge on any atom is 0.259 e. The van der Waals surface area contributed by atoms with Crippen molar-refractivity contribution in [3.05, 3.63) is 34.1 Å². The highest BCUT2D eigenvalue weighted by atomic mass is 32.1. The lowest BCUT2D eigenvalue weighted by Gasteiger charge is -2.04. The van der Waals surface area contributed by atoms with Gasteiger partial charge in [0, 0.05) is 24.0 Å². The lowest BCUT2D eigenvalue weighted by molar-refractivity contribution is 0.282. The Hall–Kier alpha value is -1.13. The molecule has 0 atom stereocenters. The highest BCUT2D eigenvalue weighted by molar-refractivity contribution is 7.17. The van der Waals surface area contributed by atoms with Gasteiger partial charge in [0.05, 0.1) is 5.39 Å². The zero-order valence-electron chi connectivity index (χ0n) is 9.06. The summed E-state index contributed by atoms with van der Waals surface area (Å²) >= 11 is 1.60. The van der Waals surface area contributed by atoms with Crippen LogP contribution in [0.25, 0.3) is 10.1 Å². The molecule has 2 aromatic heterocycles. The van der Waals surface area contributed by atoms with Gasteiger partial charge in [0.15, 0.2) is 0 Å². The Labute approximate surface area is 98.0 Å². The van der Waals surface area contributed by atoms with Crippen LogP contribution in [-0.2, 0) is 6.54 Å². The van der Waals surface area contributed by atoms with Gasteiger partial charge in [-0.25, -0.2) is 0 Å². The second kappa shape index (κ2) is 5.27. The minimum Gasteiger partial charge on any atom is -0.396 e. The van der Waals surface area contributed by atoms with E-state index in [1.165, 1.54) is 0 Å². The van der Waals surface area contributed by atoms with E-state index in [1.54, 1.807) is 15.9 Å². The summed E-state index contributed by atoms with van der Waals surface area (Å²) < 4.78 is 2.81. The average Bonchev–Trinajstić information content (AvgIpc) is 2.76. The van der Waals surface area contributed by atoms with E-state index in [0.29, 0.717) is 0 Å². The highest BCUT2D eigenvalue weighted by Crippen LogP contribution is 2.16. The topological polar surface area (TPSA) is 42.2 Å². The molecule has 0 amide bonds. The number of pyridine rings is 1. The molecule has 2 rings (SSSR count). The Morgan fingerprint density at radius 1 is 1.25 bits per heavy atom. The van der Waals surface area contributed by atoms with Crippen LogP contribution in [0.15, 0.2) is 28.5 Å². The molecular formula is C12H15NO2S. The van der Waals surface area contributed by atoms with Crippen LogP contribution >= 0.6 is 11.3 Å². The molecule has 0 fully saturated rings. The van der Waals surface area contributed by atoms with E-state index in [-0.39, 0.29) is 12.2 Å². The predicted molar refractivity (Wildman–Crippen MR) is 67.0 cm³/mol. The smallest absolute Gasteiger partial charge is 0.259 e. The Kier molecular flexibility index (Phi) is 3.74. The summed E-state index contributed by atoms with van der Waals surface area (Å²) in [5.74, 6) is 0. The van der Waals surface area contributed by atoms with Crippen molar-refractivity contribution in [3.63, 3.8) is 0 Å². The van der Waals surface area contributed by atoms with E-state index in [1.807, 2.05) is 23.7 Å². The molecule has 0 spiro atoms. The third-order valence-corrected chi connectivity index (χ3v) is 3.53. The Bertz CT molecular complexity index is 515. The van der Waals surface area contributed by atoms with E-state index >= 15 is 0 Å². The van der Waals surface area contributed by atoms with Crippen molar-refractivity contribution in [2.75, 3.05) is 6.61 Å². The molecule has 0 aliphatic rings. The quantitative estimate of drug-likeness (QED) is 0.810. The third kappa shape index (κ3) is 2.33. The van der Waals surface area contributed by atoms with Crippen LogP contribution in [0, 0.1) is 0 Å². The summed E-state index contributed by atoms with van der Waals surface area (Å²) in [5.41, 5.74) is 0.0998. The van der Waals surface area contributed by atoms with Gasteiger partial charge in [-0.05, 0) is 36.8 Å². The van der Waals surface area contributed by atoms with E-state index in [2.05, 4.69) is 0 Å². The fraction of sp³-hybridized carbons (Fsp3) is 0.417. The van der Waals surface area contributed by atoms with Gasteiger partial charge < -0.3 is 9.67 Å². The second-order valence-corrected chi connectivity index (χ2v) is 4.74. The predicted octanol–water partition coefficient (Wildman–Crippen LogP) is 2.23. The van der Waals surface area contributed by atoms with E-state index in [0.717, 1.165) is 35.9 Å². The zero-order chi connectivity index (χ0) is 11.4. The summed E-state index contributed by atoms with van der Waals surface area (Å²) in [6.07, 6.45) is 4.58. The minimum absolute atomic E-state index is 0.0998. The van der Waals surface area contributed by atoms with Crippen LogP contribution in [0.1, 0.15) is 19.3 Å². The minimum atomic E-state index is 0.0998. The zero-order valence-corrected chi connectivity index (χ0v) is 9.87. The Morgan fingerprint density at radius 3 is 2.94 bits per heavy atom. The van der Waals surface area contributed by atoms with Crippen LogP contribution in [0.5, 0.6) is 0 Å². The normalized spacial score (nSPS) is 11.1. The third-order valence-electron chi connectivity index (χ3n) is 2.65. The van der Waals surface area contributed by atoms with Gasteiger partial charge in [-0.2, -0.15) is 0 Å². The molecule has 0 aliphatic heterocycles. The molecule has 0 unspecified atom stereocenters. The molecule has 2 aromatic rings. The van der Waals surface area contributed by atoms with Crippen molar-refractivity contribution in [1.29, 1.82) is 0 Å². The van der Waals surface area contributed by atoms with Crippen LogP contribution in [0.4, 0.5) is 0 Å². The van der Waals surface area contributed by atoms with Crippen molar-refractivity contribution >= 4 is 21.4 Å². The summed E-state index contributed by atoms with van der Waals surface area (Å²) in [6.45, 7) is 0.975. The molecule has 0 aromatic carbocycles. The number of nitrogens with zero attached hydrogens (tertiary/aromatic N) is 1. The van der Waals surface area contributed by atoms with Gasteiger partial charge in [-0.15, -0.1) is 11.3 Å². The number of rotatable bonds is 5. The Morgan fingerprint density at radius 2 is 2.12 bits per heavy atom. The lowest BCUT2D eigenvalue weighted by Crippen LogP contribution is -2.18. The number of unbranched alkanes of at least 4 members (excludes halogenated alkanes) is 2. The van der Waals surface area contributed by atoms with Gasteiger partial charge >= 0.3 is 0 Å². The van der Waals surface area contributed by atoms with Crippen molar-refractivity contribution in [1.82, 2.24) is 4.57 Å². The Balaban J connectivity index is 2.12. The second-order valence-electron chi connectivity index (χ2n) is 3.80. The molecular weight excluding hydrogens is 222 g/mol. The highest BCUT2D eigenvalue weighted by Gasteiger charge is 2.02. The van der Waals surface area contributed by atoms with Crippen molar-refractivity contribution in [2.24, 2.45) is 0 Å². The molecule has 86 valence electrons. The number of aliphatic hydroxyl groups excluding tert-OH is 1. The van der Waals surface area contributed by atoms with Gasteiger partial charge in [-0.1, -0.05) is 0 Å². The summed E-state index contributed by atoms with van der Waals surface area (Å²) in [5, 5.41) is 11.4. The fourth-order valence-electron chi connectivity index (χ4n) is 1.75. The van der Waals surface area contributed by atoms with E-state index in [9.17, 15) is 4.79 Å². The molecule has 0 radical (unpaired) electrons. The number of fused-ring (bicyclic) bond motifs is 1. The summed E-state index contributed by atoms with van der Waals surface area (Å²) in [4.78, 5) is 12.0. The molecule has 2 heterocycles. The molecule has 0 bridgehead atoms. The monoisotopic (exact) mass is 237 g/mol. The molecule has 4 heteroatoms. The largest absolute Gasteiger partial charge is 0.396 e. The first-order valence-electron chi connectivity index (χ1n) is 5.50. The molecule has 3 nitrogen and oxygen atoms in total.